The van der Waals surface area contributed by atoms with Crippen molar-refractivity contribution in [3.05, 3.63) is 71.0 Å². The molecule has 0 bridgehead atoms. The lowest BCUT2D eigenvalue weighted by Gasteiger charge is -2.60. The molecule has 0 radical (unpaired) electrons. The van der Waals surface area contributed by atoms with Gasteiger partial charge in [0.15, 0.2) is 5.60 Å². The van der Waals surface area contributed by atoms with Crippen LogP contribution in [0.15, 0.2) is 52.8 Å². The SMILES string of the molecule is Cc1ccoc1O[C@]1(C(=O)S)CC[C@H]2[C@@H]3CCC4=Cc5c(cnn5-c5ccc(F)cc5)C[C@]4(C)[C@H]3[C@@H](O)C[C@@]21C. The van der Waals surface area contributed by atoms with E-state index in [1.165, 1.54) is 17.7 Å². The number of nitrogens with zero attached hydrogens (tertiary/aromatic N) is 2. The Morgan fingerprint density at radius 2 is 2.00 bits per heavy atom. The van der Waals surface area contributed by atoms with Crippen LogP contribution >= 0.6 is 12.6 Å². The van der Waals surface area contributed by atoms with Crippen molar-refractivity contribution in [2.24, 2.45) is 28.6 Å². The number of aliphatic hydroxyl groups is 1. The zero-order chi connectivity index (χ0) is 28.0. The van der Waals surface area contributed by atoms with Gasteiger partial charge in [0.2, 0.25) is 5.12 Å². The van der Waals surface area contributed by atoms with Crippen molar-refractivity contribution in [3.63, 3.8) is 0 Å². The number of hydrogen-bond donors (Lipinski definition) is 2. The number of ether oxygens (including phenoxy) is 1. The number of furan rings is 1. The molecule has 1 aromatic carbocycles. The predicted molar refractivity (Wildman–Crippen MR) is 152 cm³/mol. The van der Waals surface area contributed by atoms with Crippen LogP contribution in [0, 0.1) is 41.3 Å². The number of rotatable bonds is 4. The van der Waals surface area contributed by atoms with Crippen molar-refractivity contribution in [1.29, 1.82) is 0 Å². The molecule has 2 heterocycles. The van der Waals surface area contributed by atoms with E-state index in [4.69, 9.17) is 9.15 Å². The van der Waals surface area contributed by atoms with Gasteiger partial charge in [0, 0.05) is 11.0 Å². The number of aryl methyl sites for hydroxylation is 1. The largest absolute Gasteiger partial charge is 0.449 e. The van der Waals surface area contributed by atoms with Crippen LogP contribution in [0.25, 0.3) is 11.8 Å². The number of fused-ring (bicyclic) bond motifs is 6. The molecule has 3 fully saturated rings. The van der Waals surface area contributed by atoms with Crippen LogP contribution in [0.5, 0.6) is 5.95 Å². The molecule has 7 atom stereocenters. The van der Waals surface area contributed by atoms with Crippen molar-refractivity contribution in [2.75, 3.05) is 0 Å². The first-order chi connectivity index (χ1) is 19.1. The van der Waals surface area contributed by atoms with Crippen LogP contribution in [0.2, 0.25) is 0 Å². The van der Waals surface area contributed by atoms with Gasteiger partial charge in [-0.15, -0.1) is 12.6 Å². The highest BCUT2D eigenvalue weighted by Gasteiger charge is 2.70. The Hall–Kier alpha value is -2.84. The summed E-state index contributed by atoms with van der Waals surface area (Å²) in [7, 11) is 0. The molecule has 3 saturated carbocycles. The monoisotopic (exact) mass is 562 g/mol. The fourth-order valence-electron chi connectivity index (χ4n) is 9.14. The molecule has 7 rings (SSSR count). The Kier molecular flexibility index (Phi) is 5.76. The summed E-state index contributed by atoms with van der Waals surface area (Å²) >= 11 is 4.38. The summed E-state index contributed by atoms with van der Waals surface area (Å²) in [6.45, 7) is 6.33. The second kappa shape index (κ2) is 8.83. The summed E-state index contributed by atoms with van der Waals surface area (Å²) in [5.41, 5.74) is 3.24. The average molecular weight is 563 g/mol. The summed E-state index contributed by atoms with van der Waals surface area (Å²) in [6.07, 6.45) is 9.67. The van der Waals surface area contributed by atoms with Crippen LogP contribution in [0.4, 0.5) is 4.39 Å². The summed E-state index contributed by atoms with van der Waals surface area (Å²) in [5, 5.41) is 16.4. The Bertz CT molecular complexity index is 1530. The van der Waals surface area contributed by atoms with Gasteiger partial charge >= 0.3 is 0 Å². The maximum Gasteiger partial charge on any atom is 0.288 e. The van der Waals surface area contributed by atoms with E-state index < -0.39 is 17.1 Å². The normalized spacial score (nSPS) is 36.2. The number of allylic oxidation sites excluding steroid dienone is 1. The molecule has 2 aromatic heterocycles. The van der Waals surface area contributed by atoms with Crippen molar-refractivity contribution in [3.8, 4) is 11.6 Å². The van der Waals surface area contributed by atoms with Crippen molar-refractivity contribution in [2.45, 2.75) is 71.0 Å². The first-order valence-electron chi connectivity index (χ1n) is 14.3. The van der Waals surface area contributed by atoms with Gasteiger partial charge in [-0.1, -0.05) is 19.4 Å². The summed E-state index contributed by atoms with van der Waals surface area (Å²) in [4.78, 5) is 13.3. The molecule has 210 valence electrons. The molecule has 0 unspecified atom stereocenters. The minimum absolute atomic E-state index is 0.0593. The van der Waals surface area contributed by atoms with Gasteiger partial charge in [0.1, 0.15) is 5.82 Å². The van der Waals surface area contributed by atoms with E-state index in [9.17, 15) is 14.3 Å². The Balaban J connectivity index is 1.24. The minimum atomic E-state index is -1.15. The molecule has 4 aliphatic carbocycles. The smallest absolute Gasteiger partial charge is 0.288 e. The third-order valence-corrected chi connectivity index (χ3v) is 11.4. The van der Waals surface area contributed by atoms with Crippen LogP contribution in [0.1, 0.15) is 62.8 Å². The maximum atomic E-state index is 13.6. The summed E-state index contributed by atoms with van der Waals surface area (Å²) in [5.74, 6) is 0.616. The van der Waals surface area contributed by atoms with Crippen LogP contribution < -0.4 is 4.74 Å². The third-order valence-electron chi connectivity index (χ3n) is 11.0. The number of halogens is 1. The van der Waals surface area contributed by atoms with E-state index in [1.807, 2.05) is 23.9 Å². The quantitative estimate of drug-likeness (QED) is 0.363. The van der Waals surface area contributed by atoms with E-state index in [0.717, 1.165) is 48.2 Å². The minimum Gasteiger partial charge on any atom is -0.449 e. The van der Waals surface area contributed by atoms with Crippen LogP contribution in [-0.4, -0.2) is 31.7 Å². The van der Waals surface area contributed by atoms with Gasteiger partial charge in [0.05, 0.1) is 29.9 Å². The van der Waals surface area contributed by atoms with E-state index in [0.29, 0.717) is 18.8 Å². The van der Waals surface area contributed by atoms with Gasteiger partial charge in [-0.2, -0.15) is 5.10 Å². The maximum absolute atomic E-state index is 13.6. The summed E-state index contributed by atoms with van der Waals surface area (Å²) in [6, 6.07) is 8.24. The van der Waals surface area contributed by atoms with Crippen molar-refractivity contribution >= 4 is 23.8 Å². The predicted octanol–water partition coefficient (Wildman–Crippen LogP) is 6.34. The van der Waals surface area contributed by atoms with Gasteiger partial charge in [-0.25, -0.2) is 9.07 Å². The number of benzene rings is 1. The molecule has 4 aliphatic rings. The lowest BCUT2D eigenvalue weighted by Crippen LogP contribution is -2.63. The fraction of sp³-hybridized carbons (Fsp3) is 0.500. The fourth-order valence-corrected chi connectivity index (χ4v) is 9.56. The zero-order valence-electron chi connectivity index (χ0n) is 23.1. The molecule has 1 N–H and O–H groups in total. The van der Waals surface area contributed by atoms with Gasteiger partial charge < -0.3 is 14.3 Å². The topological polar surface area (TPSA) is 77.5 Å². The van der Waals surface area contributed by atoms with E-state index in [-0.39, 0.29) is 34.1 Å². The number of aromatic nitrogens is 2. The third kappa shape index (κ3) is 3.44. The number of hydrogen-bond acceptors (Lipinski definition) is 5. The Morgan fingerprint density at radius 1 is 1.23 bits per heavy atom. The first-order valence-corrected chi connectivity index (χ1v) is 14.7. The van der Waals surface area contributed by atoms with Crippen molar-refractivity contribution < 1.29 is 23.4 Å². The second-order valence-electron chi connectivity index (χ2n) is 12.9. The van der Waals surface area contributed by atoms with E-state index >= 15 is 0 Å². The van der Waals surface area contributed by atoms with E-state index in [1.54, 1.807) is 18.4 Å². The zero-order valence-corrected chi connectivity index (χ0v) is 24.0. The molecular weight excluding hydrogens is 527 g/mol. The highest BCUT2D eigenvalue weighted by atomic mass is 32.1. The molecule has 8 heteroatoms. The molecule has 0 saturated heterocycles. The highest BCUT2D eigenvalue weighted by molar-refractivity contribution is 7.96. The van der Waals surface area contributed by atoms with Crippen LogP contribution in [0.3, 0.4) is 0 Å². The number of carbonyl (C=O) groups excluding carboxylic acids is 1. The Labute approximate surface area is 239 Å². The lowest BCUT2D eigenvalue weighted by molar-refractivity contribution is -0.169. The Morgan fingerprint density at radius 3 is 2.70 bits per heavy atom. The van der Waals surface area contributed by atoms with Crippen LogP contribution in [-0.2, 0) is 11.2 Å². The summed E-state index contributed by atoms with van der Waals surface area (Å²) < 4.78 is 27.5. The lowest BCUT2D eigenvalue weighted by atomic mass is 9.45. The molecule has 40 heavy (non-hydrogen) atoms. The molecule has 6 nitrogen and oxygen atoms in total. The first kappa shape index (κ1) is 26.1. The van der Waals surface area contributed by atoms with Gasteiger partial charge in [-0.3, -0.25) is 4.79 Å². The van der Waals surface area contributed by atoms with Crippen molar-refractivity contribution in [1.82, 2.24) is 9.78 Å². The number of carbonyl (C=O) groups is 1. The molecule has 0 aliphatic heterocycles. The molecule has 0 amide bonds. The number of aliphatic hydroxyl groups excluding tert-OH is 1. The van der Waals surface area contributed by atoms with E-state index in [2.05, 4.69) is 37.7 Å². The van der Waals surface area contributed by atoms with Gasteiger partial charge in [-0.05, 0) is 111 Å². The average Bonchev–Trinajstić information content (AvgIpc) is 3.58. The highest BCUT2D eigenvalue weighted by Crippen LogP contribution is 2.68. The number of thiol groups is 1. The van der Waals surface area contributed by atoms with Gasteiger partial charge in [0.25, 0.3) is 5.95 Å². The molecule has 3 aromatic rings. The second-order valence-corrected chi connectivity index (χ2v) is 13.3. The molecule has 0 spiro atoms. The standard InChI is InChI=1S/C32H35FN2O4S/c1-18-11-13-38-28(18)39-32(29(37)40)12-10-24-23-9-4-20-14-25-19(17-34-35(25)22-7-5-21(33)6-8-22)15-30(20,2)27(23)26(36)16-31(24,32)3/h5-8,11,13-14,17,23-24,26-27,36H,4,9-10,12,15-16H2,1-3H3,(H,37,40)/t23-,24-,26-,27+,30-,31-,32-/m0/s1. The molecular formula is C32H35FN2O4S.